The molecule has 0 bridgehead atoms. The van der Waals surface area contributed by atoms with Crippen molar-refractivity contribution in [2.75, 3.05) is 13.2 Å². The van der Waals surface area contributed by atoms with Gasteiger partial charge in [-0.05, 0) is 64.5 Å². The van der Waals surface area contributed by atoms with E-state index in [-0.39, 0.29) is 25.0 Å². The van der Waals surface area contributed by atoms with E-state index in [2.05, 4.69) is 42.0 Å². The Hall–Kier alpha value is -2.05. The van der Waals surface area contributed by atoms with E-state index in [0.717, 1.165) is 22.9 Å². The average molecular weight is 524 g/mol. The fourth-order valence-electron chi connectivity index (χ4n) is 3.14. The van der Waals surface area contributed by atoms with Gasteiger partial charge in [-0.2, -0.15) is 0 Å². The number of rotatable bonds is 11. The predicted molar refractivity (Wildman–Crippen MR) is 133 cm³/mol. The van der Waals surface area contributed by atoms with Crippen molar-refractivity contribution in [1.82, 2.24) is 10.2 Å². The Balaban J connectivity index is 2.15. The Bertz CT molecular complexity index is 920. The molecule has 0 aliphatic heterocycles. The molecule has 7 heteroatoms. The molecule has 0 aliphatic rings. The molecule has 2 aromatic carbocycles. The summed E-state index contributed by atoms with van der Waals surface area (Å²) in [5.74, 6) is 0.491. The first-order chi connectivity index (χ1) is 15.2. The highest BCUT2D eigenvalue weighted by molar-refractivity contribution is 9.10. The van der Waals surface area contributed by atoms with Gasteiger partial charge in [-0.25, -0.2) is 0 Å². The molecular weight excluding hydrogens is 492 g/mol. The third kappa shape index (κ3) is 7.52. The monoisotopic (exact) mass is 522 g/mol. The molecule has 0 fully saturated rings. The van der Waals surface area contributed by atoms with Crippen molar-refractivity contribution < 1.29 is 14.3 Å². The van der Waals surface area contributed by atoms with Crippen LogP contribution in [0, 0.1) is 0 Å². The molecule has 0 heterocycles. The van der Waals surface area contributed by atoms with E-state index in [9.17, 15) is 9.59 Å². The average Bonchev–Trinajstić information content (AvgIpc) is 2.77. The van der Waals surface area contributed by atoms with E-state index in [4.69, 9.17) is 16.3 Å². The Labute approximate surface area is 204 Å². The number of halogens is 2. The van der Waals surface area contributed by atoms with Gasteiger partial charge in [0.25, 0.3) is 5.91 Å². The lowest BCUT2D eigenvalue weighted by molar-refractivity contribution is -0.142. The molecule has 0 spiro atoms. The molecule has 1 N–H and O–H groups in total. The summed E-state index contributed by atoms with van der Waals surface area (Å²) in [5.41, 5.74) is 1.95. The number of hydrogen-bond donors (Lipinski definition) is 1. The fraction of sp³-hybridized carbons (Fsp3) is 0.440. The van der Waals surface area contributed by atoms with Crippen molar-refractivity contribution in [3.8, 4) is 5.75 Å². The van der Waals surface area contributed by atoms with Gasteiger partial charge in [0.1, 0.15) is 11.8 Å². The van der Waals surface area contributed by atoms with E-state index >= 15 is 0 Å². The summed E-state index contributed by atoms with van der Waals surface area (Å²) >= 11 is 9.84. The standard InChI is InChI=1S/C25H32BrClN2O3/c1-5-6-13-28-25(31)18(4)29(15-20-9-7-8-10-22(20)27)24(30)16-32-23-12-11-19(17(2)3)14-21(23)26/h7-12,14,17-18H,5-6,13,15-16H2,1-4H3,(H,28,31). The van der Waals surface area contributed by atoms with Gasteiger partial charge in [0.05, 0.1) is 4.47 Å². The highest BCUT2D eigenvalue weighted by atomic mass is 79.9. The zero-order valence-electron chi connectivity index (χ0n) is 19.2. The maximum atomic E-state index is 13.2. The zero-order chi connectivity index (χ0) is 23.7. The Kier molecular flexibility index (Phi) is 10.5. The van der Waals surface area contributed by atoms with Crippen molar-refractivity contribution in [1.29, 1.82) is 0 Å². The second kappa shape index (κ2) is 12.9. The van der Waals surface area contributed by atoms with Gasteiger partial charge in [0, 0.05) is 18.1 Å². The van der Waals surface area contributed by atoms with Crippen LogP contribution in [0.25, 0.3) is 0 Å². The smallest absolute Gasteiger partial charge is 0.261 e. The molecule has 32 heavy (non-hydrogen) atoms. The SMILES string of the molecule is CCCCNC(=O)C(C)N(Cc1ccccc1Cl)C(=O)COc1ccc(C(C)C)cc1Br. The van der Waals surface area contributed by atoms with Crippen LogP contribution < -0.4 is 10.1 Å². The first-order valence-corrected chi connectivity index (χ1v) is 12.1. The van der Waals surface area contributed by atoms with Crippen molar-refractivity contribution in [3.05, 3.63) is 63.1 Å². The van der Waals surface area contributed by atoms with Crippen LogP contribution >= 0.6 is 27.5 Å². The van der Waals surface area contributed by atoms with Crippen LogP contribution in [0.15, 0.2) is 46.9 Å². The van der Waals surface area contributed by atoms with Crippen molar-refractivity contribution in [2.24, 2.45) is 0 Å². The molecule has 0 saturated carbocycles. The molecular formula is C25H32BrClN2O3. The number of nitrogens with zero attached hydrogens (tertiary/aromatic N) is 1. The quantitative estimate of drug-likeness (QED) is 0.371. The molecule has 1 atom stereocenters. The second-order valence-corrected chi connectivity index (χ2v) is 9.33. The van der Waals surface area contributed by atoms with Crippen LogP contribution in [-0.4, -0.2) is 35.9 Å². The summed E-state index contributed by atoms with van der Waals surface area (Å²) in [4.78, 5) is 27.4. The highest BCUT2D eigenvalue weighted by Gasteiger charge is 2.27. The van der Waals surface area contributed by atoms with Gasteiger partial charge in [0.15, 0.2) is 6.61 Å². The molecule has 0 aromatic heterocycles. The minimum Gasteiger partial charge on any atom is -0.483 e. The third-order valence-electron chi connectivity index (χ3n) is 5.27. The summed E-state index contributed by atoms with van der Waals surface area (Å²) in [5, 5.41) is 3.46. The Morgan fingerprint density at radius 1 is 1.16 bits per heavy atom. The third-order valence-corrected chi connectivity index (χ3v) is 6.26. The fourth-order valence-corrected chi connectivity index (χ4v) is 3.85. The van der Waals surface area contributed by atoms with Gasteiger partial charge in [-0.1, -0.05) is 63.1 Å². The van der Waals surface area contributed by atoms with Crippen LogP contribution in [-0.2, 0) is 16.1 Å². The van der Waals surface area contributed by atoms with Crippen molar-refractivity contribution in [3.63, 3.8) is 0 Å². The number of hydrogen-bond acceptors (Lipinski definition) is 3. The number of benzene rings is 2. The van der Waals surface area contributed by atoms with Gasteiger partial charge in [-0.15, -0.1) is 0 Å². The molecule has 2 amide bonds. The van der Waals surface area contributed by atoms with Crippen molar-refractivity contribution in [2.45, 2.75) is 59.0 Å². The van der Waals surface area contributed by atoms with E-state index in [1.165, 1.54) is 10.5 Å². The minimum absolute atomic E-state index is 0.184. The second-order valence-electron chi connectivity index (χ2n) is 8.07. The number of nitrogens with one attached hydrogen (secondary N) is 1. The molecule has 0 saturated heterocycles. The topological polar surface area (TPSA) is 58.6 Å². The molecule has 5 nitrogen and oxygen atoms in total. The lowest BCUT2D eigenvalue weighted by Gasteiger charge is -2.29. The van der Waals surface area contributed by atoms with Crippen LogP contribution in [0.5, 0.6) is 5.75 Å². The number of ether oxygens (including phenoxy) is 1. The largest absolute Gasteiger partial charge is 0.483 e. The normalized spacial score (nSPS) is 11.8. The van der Waals surface area contributed by atoms with E-state index in [1.54, 1.807) is 13.0 Å². The Morgan fingerprint density at radius 2 is 1.88 bits per heavy atom. The number of carbonyl (C=O) groups excluding carboxylic acids is 2. The summed E-state index contributed by atoms with van der Waals surface area (Å²) in [6, 6.07) is 12.5. The number of carbonyl (C=O) groups is 2. The summed E-state index contributed by atoms with van der Waals surface area (Å²) in [6.45, 7) is 8.64. The molecule has 1 unspecified atom stereocenters. The first-order valence-electron chi connectivity index (χ1n) is 11.0. The van der Waals surface area contributed by atoms with E-state index in [1.807, 2.05) is 36.4 Å². The van der Waals surface area contributed by atoms with E-state index in [0.29, 0.717) is 23.2 Å². The molecule has 174 valence electrons. The minimum atomic E-state index is -0.661. The molecule has 2 aromatic rings. The van der Waals surface area contributed by atoms with Gasteiger partial charge in [0.2, 0.25) is 5.91 Å². The lowest BCUT2D eigenvalue weighted by Crippen LogP contribution is -2.49. The highest BCUT2D eigenvalue weighted by Crippen LogP contribution is 2.29. The first kappa shape index (κ1) is 26.2. The van der Waals surface area contributed by atoms with Crippen LogP contribution in [0.1, 0.15) is 57.6 Å². The number of amides is 2. The molecule has 0 aliphatic carbocycles. The lowest BCUT2D eigenvalue weighted by atomic mass is 10.0. The summed E-state index contributed by atoms with van der Waals surface area (Å²) in [7, 11) is 0. The maximum Gasteiger partial charge on any atom is 0.261 e. The van der Waals surface area contributed by atoms with Crippen LogP contribution in [0.4, 0.5) is 0 Å². The maximum absolute atomic E-state index is 13.2. The van der Waals surface area contributed by atoms with Crippen LogP contribution in [0.3, 0.4) is 0 Å². The molecule has 2 rings (SSSR count). The predicted octanol–water partition coefficient (Wildman–Crippen LogP) is 5.94. The summed E-state index contributed by atoms with van der Waals surface area (Å²) in [6.07, 6.45) is 1.87. The number of unbranched alkanes of at least 4 members (excludes halogenated alkanes) is 1. The van der Waals surface area contributed by atoms with Gasteiger partial charge in [-0.3, -0.25) is 9.59 Å². The van der Waals surface area contributed by atoms with Gasteiger partial charge >= 0.3 is 0 Å². The zero-order valence-corrected chi connectivity index (χ0v) is 21.5. The Morgan fingerprint density at radius 3 is 2.50 bits per heavy atom. The van der Waals surface area contributed by atoms with Gasteiger partial charge < -0.3 is 15.0 Å². The molecule has 0 radical (unpaired) electrons. The van der Waals surface area contributed by atoms with Crippen LogP contribution in [0.2, 0.25) is 5.02 Å². The van der Waals surface area contributed by atoms with E-state index < -0.39 is 6.04 Å². The van der Waals surface area contributed by atoms with Crippen molar-refractivity contribution >= 4 is 39.3 Å². The summed E-state index contributed by atoms with van der Waals surface area (Å²) < 4.78 is 6.60.